The minimum Gasteiger partial charge on any atom is -0.355 e. The van der Waals surface area contributed by atoms with Gasteiger partial charge in [0.1, 0.15) is 5.25 Å². The van der Waals surface area contributed by atoms with Crippen molar-refractivity contribution in [2.24, 2.45) is 5.73 Å². The Labute approximate surface area is 104 Å². The molecule has 17 heavy (non-hydrogen) atoms. The van der Waals surface area contributed by atoms with E-state index >= 15 is 0 Å². The van der Waals surface area contributed by atoms with Gasteiger partial charge in [0.25, 0.3) is 0 Å². The molecule has 0 bridgehead atoms. The summed E-state index contributed by atoms with van der Waals surface area (Å²) in [6.45, 7) is 5.88. The van der Waals surface area contributed by atoms with Crippen molar-refractivity contribution in [3.8, 4) is 0 Å². The van der Waals surface area contributed by atoms with Crippen molar-refractivity contribution in [3.05, 3.63) is 0 Å². The first-order chi connectivity index (χ1) is 7.87. The maximum Gasteiger partial charge on any atom is 0.238 e. The smallest absolute Gasteiger partial charge is 0.238 e. The molecule has 0 aromatic carbocycles. The summed E-state index contributed by atoms with van der Waals surface area (Å²) in [5.41, 5.74) is 5.34. The van der Waals surface area contributed by atoms with Crippen LogP contribution < -0.4 is 11.1 Å². The molecule has 0 aliphatic rings. The number of hydrogen-bond donors (Lipinski definition) is 2. The quantitative estimate of drug-likeness (QED) is 0.623. The van der Waals surface area contributed by atoms with Gasteiger partial charge < -0.3 is 11.1 Å². The Morgan fingerprint density at radius 3 is 2.41 bits per heavy atom. The molecule has 102 valence electrons. The molecule has 0 aromatic rings. The number of carbonyl (C=O) groups is 1. The van der Waals surface area contributed by atoms with Crippen LogP contribution in [-0.2, 0) is 14.6 Å². The van der Waals surface area contributed by atoms with E-state index in [0.29, 0.717) is 19.5 Å². The number of amides is 1. The number of sulfone groups is 1. The van der Waals surface area contributed by atoms with E-state index in [0.717, 1.165) is 12.8 Å². The zero-order valence-electron chi connectivity index (χ0n) is 10.9. The molecule has 0 fully saturated rings. The summed E-state index contributed by atoms with van der Waals surface area (Å²) < 4.78 is 24.0. The lowest BCUT2D eigenvalue weighted by molar-refractivity contribution is -0.120. The van der Waals surface area contributed by atoms with E-state index in [2.05, 4.69) is 5.32 Å². The lowest BCUT2D eigenvalue weighted by Gasteiger charge is -2.17. The Balaban J connectivity index is 4.46. The fourth-order valence-corrected chi connectivity index (χ4v) is 2.97. The summed E-state index contributed by atoms with van der Waals surface area (Å²) >= 11 is 0. The zero-order chi connectivity index (χ0) is 13.5. The van der Waals surface area contributed by atoms with Gasteiger partial charge >= 0.3 is 0 Å². The molecule has 0 aliphatic carbocycles. The second-order valence-electron chi connectivity index (χ2n) is 4.26. The summed E-state index contributed by atoms with van der Waals surface area (Å²) in [7, 11) is -3.43. The van der Waals surface area contributed by atoms with Crippen LogP contribution in [0.1, 0.15) is 40.0 Å². The first-order valence-electron chi connectivity index (χ1n) is 6.08. The highest BCUT2D eigenvalue weighted by Crippen LogP contribution is 2.12. The molecular formula is C11H24N2O3S. The van der Waals surface area contributed by atoms with Crippen molar-refractivity contribution >= 4 is 15.7 Å². The maximum absolute atomic E-state index is 12.0. The summed E-state index contributed by atoms with van der Waals surface area (Å²) in [6.07, 6.45) is 2.21. The van der Waals surface area contributed by atoms with Gasteiger partial charge in [-0.3, -0.25) is 4.79 Å². The maximum atomic E-state index is 12.0. The molecular weight excluding hydrogens is 240 g/mol. The van der Waals surface area contributed by atoms with Crippen molar-refractivity contribution in [3.63, 3.8) is 0 Å². The summed E-state index contributed by atoms with van der Waals surface area (Å²) in [5.74, 6) is -0.415. The van der Waals surface area contributed by atoms with Crippen LogP contribution in [0.3, 0.4) is 0 Å². The third-order valence-corrected chi connectivity index (χ3v) is 5.38. The molecule has 0 aromatic heterocycles. The lowest BCUT2D eigenvalue weighted by atomic mass is 10.3. The average molecular weight is 264 g/mol. The van der Waals surface area contributed by atoms with Crippen LogP contribution in [0.5, 0.6) is 0 Å². The standard InChI is InChI=1S/C11H24N2O3S/c1-4-5-8-13-11(14)10(3)17(15,16)9(2)6-7-12/h9-10H,4-8,12H2,1-3H3,(H,13,14). The largest absolute Gasteiger partial charge is 0.355 e. The Kier molecular flexibility index (Phi) is 7.38. The van der Waals surface area contributed by atoms with Gasteiger partial charge in [0.15, 0.2) is 9.84 Å². The van der Waals surface area contributed by atoms with E-state index in [-0.39, 0.29) is 0 Å². The van der Waals surface area contributed by atoms with Crippen LogP contribution in [0.25, 0.3) is 0 Å². The number of unbranched alkanes of at least 4 members (excludes halogenated alkanes) is 1. The number of rotatable bonds is 8. The number of carbonyl (C=O) groups excluding carboxylic acids is 1. The predicted molar refractivity (Wildman–Crippen MR) is 69.4 cm³/mol. The summed E-state index contributed by atoms with van der Waals surface area (Å²) in [4.78, 5) is 11.7. The van der Waals surface area contributed by atoms with E-state index in [4.69, 9.17) is 5.73 Å². The molecule has 6 heteroatoms. The van der Waals surface area contributed by atoms with E-state index in [1.807, 2.05) is 6.92 Å². The zero-order valence-corrected chi connectivity index (χ0v) is 11.7. The third-order valence-electron chi connectivity index (χ3n) is 2.83. The van der Waals surface area contributed by atoms with Crippen LogP contribution in [0.4, 0.5) is 0 Å². The summed E-state index contributed by atoms with van der Waals surface area (Å²) in [5, 5.41) is 1.07. The molecule has 0 spiro atoms. The van der Waals surface area contributed by atoms with Gasteiger partial charge in [-0.05, 0) is 33.2 Å². The molecule has 0 saturated heterocycles. The van der Waals surface area contributed by atoms with E-state index in [1.165, 1.54) is 6.92 Å². The van der Waals surface area contributed by atoms with Crippen LogP contribution in [0, 0.1) is 0 Å². The number of hydrogen-bond acceptors (Lipinski definition) is 4. The van der Waals surface area contributed by atoms with E-state index < -0.39 is 26.2 Å². The van der Waals surface area contributed by atoms with Gasteiger partial charge in [-0.2, -0.15) is 0 Å². The fourth-order valence-electron chi connectivity index (χ4n) is 1.43. The minimum atomic E-state index is -3.43. The Morgan fingerprint density at radius 1 is 1.35 bits per heavy atom. The van der Waals surface area contributed by atoms with Gasteiger partial charge in [-0.25, -0.2) is 8.42 Å². The topological polar surface area (TPSA) is 89.3 Å². The van der Waals surface area contributed by atoms with Gasteiger partial charge in [0, 0.05) is 6.54 Å². The monoisotopic (exact) mass is 264 g/mol. The highest BCUT2D eigenvalue weighted by Gasteiger charge is 2.32. The van der Waals surface area contributed by atoms with E-state index in [9.17, 15) is 13.2 Å². The Bertz CT molecular complexity index is 328. The van der Waals surface area contributed by atoms with Crippen LogP contribution in [0.15, 0.2) is 0 Å². The molecule has 3 N–H and O–H groups in total. The SMILES string of the molecule is CCCCNC(=O)C(C)S(=O)(=O)C(C)CCN. The molecule has 1 amide bonds. The Morgan fingerprint density at radius 2 is 1.94 bits per heavy atom. The first-order valence-corrected chi connectivity index (χ1v) is 7.69. The fraction of sp³-hybridized carbons (Fsp3) is 0.909. The second-order valence-corrected chi connectivity index (χ2v) is 6.95. The van der Waals surface area contributed by atoms with Gasteiger partial charge in [-0.1, -0.05) is 13.3 Å². The molecule has 0 saturated carbocycles. The number of nitrogens with two attached hydrogens (primary N) is 1. The number of nitrogens with one attached hydrogen (secondary N) is 1. The molecule has 0 radical (unpaired) electrons. The Hall–Kier alpha value is -0.620. The van der Waals surface area contributed by atoms with Gasteiger partial charge in [-0.15, -0.1) is 0 Å². The predicted octanol–water partition coefficient (Wildman–Crippen LogP) is 0.443. The minimum absolute atomic E-state index is 0.310. The van der Waals surface area contributed by atoms with Crippen LogP contribution in [-0.4, -0.2) is 37.9 Å². The molecule has 5 nitrogen and oxygen atoms in total. The molecule has 0 rings (SSSR count). The molecule has 0 aliphatic heterocycles. The van der Waals surface area contributed by atoms with Gasteiger partial charge in [0.05, 0.1) is 5.25 Å². The molecule has 0 heterocycles. The van der Waals surface area contributed by atoms with Crippen molar-refractivity contribution < 1.29 is 13.2 Å². The lowest BCUT2D eigenvalue weighted by Crippen LogP contribution is -2.42. The molecule has 2 unspecified atom stereocenters. The second kappa shape index (κ2) is 7.66. The highest BCUT2D eigenvalue weighted by molar-refractivity contribution is 7.93. The van der Waals surface area contributed by atoms with Crippen LogP contribution >= 0.6 is 0 Å². The third kappa shape index (κ3) is 5.04. The molecule has 2 atom stereocenters. The van der Waals surface area contributed by atoms with Crippen molar-refractivity contribution in [1.82, 2.24) is 5.32 Å². The van der Waals surface area contributed by atoms with Gasteiger partial charge in [0.2, 0.25) is 5.91 Å². The normalized spacial score (nSPS) is 15.3. The van der Waals surface area contributed by atoms with E-state index in [1.54, 1.807) is 6.92 Å². The van der Waals surface area contributed by atoms with Crippen LogP contribution in [0.2, 0.25) is 0 Å². The summed E-state index contributed by atoms with van der Waals surface area (Å²) in [6, 6.07) is 0. The first kappa shape index (κ1) is 16.4. The van der Waals surface area contributed by atoms with Crippen molar-refractivity contribution in [2.45, 2.75) is 50.5 Å². The average Bonchev–Trinajstić information content (AvgIpc) is 2.28. The van der Waals surface area contributed by atoms with Crippen molar-refractivity contribution in [2.75, 3.05) is 13.1 Å². The highest BCUT2D eigenvalue weighted by atomic mass is 32.2. The van der Waals surface area contributed by atoms with Crippen molar-refractivity contribution in [1.29, 1.82) is 0 Å².